The van der Waals surface area contributed by atoms with Gasteiger partial charge in [-0.05, 0) is 23.8 Å². The lowest BCUT2D eigenvalue weighted by Gasteiger charge is -2.29. The normalized spacial score (nSPS) is 41.8. The van der Waals surface area contributed by atoms with Crippen molar-refractivity contribution < 1.29 is 0 Å². The molecular formula is C11H22Si. The van der Waals surface area contributed by atoms with Gasteiger partial charge in [0.2, 0.25) is 0 Å². The molecular weight excluding hydrogens is 160 g/mol. The van der Waals surface area contributed by atoms with E-state index in [1.165, 1.54) is 19.3 Å². The molecule has 1 heteroatoms. The molecule has 2 unspecified atom stereocenters. The molecule has 0 aromatic carbocycles. The van der Waals surface area contributed by atoms with Gasteiger partial charge in [0.15, 0.2) is 0 Å². The molecule has 0 aromatic rings. The molecule has 0 saturated heterocycles. The molecule has 0 heterocycles. The summed E-state index contributed by atoms with van der Waals surface area (Å²) in [4.78, 5) is 0. The van der Waals surface area contributed by atoms with Gasteiger partial charge in [0.1, 0.15) is 0 Å². The summed E-state index contributed by atoms with van der Waals surface area (Å²) < 4.78 is 0. The van der Waals surface area contributed by atoms with E-state index in [0.717, 1.165) is 11.0 Å². The van der Waals surface area contributed by atoms with Crippen LogP contribution >= 0.6 is 0 Å². The molecule has 0 N–H and O–H groups in total. The first kappa shape index (κ1) is 8.80. The fraction of sp³-hybridized carbons (Fsp3) is 1.00. The molecule has 2 fully saturated rings. The van der Waals surface area contributed by atoms with E-state index in [9.17, 15) is 0 Å². The molecule has 2 saturated carbocycles. The third-order valence-electron chi connectivity index (χ3n) is 4.40. The summed E-state index contributed by atoms with van der Waals surface area (Å²) in [6.45, 7) is 7.74. The standard InChI is InChI=1S/C11H22Si/c1-12(2,3)11-8-6-4-5-7-10(11)9-11/h10H,4-9H2,1-3H3. The quantitative estimate of drug-likeness (QED) is 0.537. The van der Waals surface area contributed by atoms with Crippen LogP contribution in [0.5, 0.6) is 0 Å². The Morgan fingerprint density at radius 3 is 2.50 bits per heavy atom. The van der Waals surface area contributed by atoms with Crippen LogP contribution in [0.3, 0.4) is 0 Å². The third-order valence-corrected chi connectivity index (χ3v) is 8.25. The van der Waals surface area contributed by atoms with Gasteiger partial charge in [0.25, 0.3) is 0 Å². The fourth-order valence-corrected chi connectivity index (χ4v) is 6.52. The molecule has 2 atom stereocenters. The predicted octanol–water partition coefficient (Wildman–Crippen LogP) is 4.05. The molecule has 12 heavy (non-hydrogen) atoms. The Bertz CT molecular complexity index is 180. The van der Waals surface area contributed by atoms with E-state index < -0.39 is 8.07 Å². The minimum absolute atomic E-state index is 0.839. The van der Waals surface area contributed by atoms with Gasteiger partial charge in [0, 0.05) is 0 Å². The van der Waals surface area contributed by atoms with Gasteiger partial charge in [0.05, 0.1) is 8.07 Å². The minimum Gasteiger partial charge on any atom is -0.0691 e. The molecule has 0 nitrogen and oxygen atoms in total. The molecule has 70 valence electrons. The van der Waals surface area contributed by atoms with E-state index in [2.05, 4.69) is 19.6 Å². The van der Waals surface area contributed by atoms with Crippen LogP contribution in [-0.4, -0.2) is 8.07 Å². The number of fused-ring (bicyclic) bond motifs is 1. The van der Waals surface area contributed by atoms with E-state index in [0.29, 0.717) is 0 Å². The van der Waals surface area contributed by atoms with E-state index in [4.69, 9.17) is 0 Å². The van der Waals surface area contributed by atoms with Crippen molar-refractivity contribution in [1.29, 1.82) is 0 Å². The highest BCUT2D eigenvalue weighted by molar-refractivity contribution is 6.80. The van der Waals surface area contributed by atoms with Gasteiger partial charge in [-0.2, -0.15) is 0 Å². The zero-order valence-corrected chi connectivity index (χ0v) is 9.82. The first-order chi connectivity index (χ1) is 5.56. The molecule has 2 rings (SSSR count). The van der Waals surface area contributed by atoms with Crippen molar-refractivity contribution in [1.82, 2.24) is 0 Å². The second kappa shape index (κ2) is 2.60. The highest BCUT2D eigenvalue weighted by Gasteiger charge is 2.60. The first-order valence-corrected chi connectivity index (χ1v) is 9.06. The average molecular weight is 182 g/mol. The van der Waals surface area contributed by atoms with Crippen molar-refractivity contribution in [3.05, 3.63) is 0 Å². The Morgan fingerprint density at radius 2 is 1.83 bits per heavy atom. The number of rotatable bonds is 1. The summed E-state index contributed by atoms with van der Waals surface area (Å²) in [5.74, 6) is 1.16. The van der Waals surface area contributed by atoms with Gasteiger partial charge < -0.3 is 0 Å². The molecule has 0 aromatic heterocycles. The Labute approximate surface area is 77.8 Å². The molecule has 0 spiro atoms. The van der Waals surface area contributed by atoms with Crippen molar-refractivity contribution in [2.45, 2.75) is 63.2 Å². The summed E-state index contributed by atoms with van der Waals surface area (Å²) >= 11 is 0. The average Bonchev–Trinajstić information content (AvgIpc) is 2.55. The summed E-state index contributed by atoms with van der Waals surface area (Å²) in [6.07, 6.45) is 9.31. The molecule has 0 radical (unpaired) electrons. The van der Waals surface area contributed by atoms with Gasteiger partial charge in [-0.3, -0.25) is 0 Å². The van der Waals surface area contributed by atoms with Crippen LogP contribution in [0.2, 0.25) is 24.7 Å². The molecule has 2 aliphatic carbocycles. The minimum atomic E-state index is -0.839. The maximum absolute atomic E-state index is 2.58. The monoisotopic (exact) mass is 182 g/mol. The summed E-state index contributed by atoms with van der Waals surface area (Å²) in [7, 11) is -0.839. The topological polar surface area (TPSA) is 0 Å². The van der Waals surface area contributed by atoms with Gasteiger partial charge in [-0.1, -0.05) is 45.3 Å². The van der Waals surface area contributed by atoms with E-state index in [1.54, 1.807) is 19.3 Å². The van der Waals surface area contributed by atoms with Crippen LogP contribution in [0.25, 0.3) is 0 Å². The number of hydrogen-bond acceptors (Lipinski definition) is 0. The molecule has 0 bridgehead atoms. The largest absolute Gasteiger partial charge is 0.0691 e. The lowest BCUT2D eigenvalue weighted by Crippen LogP contribution is -2.30. The van der Waals surface area contributed by atoms with Gasteiger partial charge in [-0.25, -0.2) is 0 Å². The Kier molecular flexibility index (Phi) is 1.91. The van der Waals surface area contributed by atoms with Gasteiger partial charge in [-0.15, -0.1) is 0 Å². The van der Waals surface area contributed by atoms with E-state index in [1.807, 2.05) is 0 Å². The third kappa shape index (κ3) is 1.17. The van der Waals surface area contributed by atoms with Crippen LogP contribution in [-0.2, 0) is 0 Å². The lowest BCUT2D eigenvalue weighted by atomic mass is 10.2. The van der Waals surface area contributed by atoms with Crippen LogP contribution < -0.4 is 0 Å². The van der Waals surface area contributed by atoms with Crippen LogP contribution in [0, 0.1) is 5.92 Å². The summed E-state index contributed by atoms with van der Waals surface area (Å²) in [5.41, 5.74) is 0. The summed E-state index contributed by atoms with van der Waals surface area (Å²) in [5, 5.41) is 0.906. The number of hydrogen-bond donors (Lipinski definition) is 0. The Balaban J connectivity index is 2.12. The Hall–Kier alpha value is 0.217. The van der Waals surface area contributed by atoms with Crippen molar-refractivity contribution in [3.63, 3.8) is 0 Å². The molecule has 0 aliphatic heterocycles. The van der Waals surface area contributed by atoms with Crippen molar-refractivity contribution in [2.75, 3.05) is 0 Å². The Morgan fingerprint density at radius 1 is 1.08 bits per heavy atom. The van der Waals surface area contributed by atoms with Crippen molar-refractivity contribution in [2.24, 2.45) is 5.92 Å². The lowest BCUT2D eigenvalue weighted by molar-refractivity contribution is 0.644. The highest BCUT2D eigenvalue weighted by atomic mass is 28.3. The summed E-state index contributed by atoms with van der Waals surface area (Å²) in [6, 6.07) is 0. The predicted molar refractivity (Wildman–Crippen MR) is 57.2 cm³/mol. The maximum atomic E-state index is 2.58. The SMILES string of the molecule is C[Si](C)(C)C12CCCCCC1C2. The van der Waals surface area contributed by atoms with E-state index >= 15 is 0 Å². The smallest absolute Gasteiger partial charge is 0.0509 e. The van der Waals surface area contributed by atoms with Crippen LogP contribution in [0.1, 0.15) is 38.5 Å². The second-order valence-corrected chi connectivity index (χ2v) is 11.4. The zero-order chi connectivity index (χ0) is 8.82. The fourth-order valence-electron chi connectivity index (χ4n) is 3.37. The van der Waals surface area contributed by atoms with Gasteiger partial charge >= 0.3 is 0 Å². The molecule has 0 amide bonds. The second-order valence-electron chi connectivity index (χ2n) is 5.91. The zero-order valence-electron chi connectivity index (χ0n) is 8.82. The van der Waals surface area contributed by atoms with Crippen LogP contribution in [0.15, 0.2) is 0 Å². The first-order valence-electron chi connectivity index (χ1n) is 5.56. The van der Waals surface area contributed by atoms with E-state index in [-0.39, 0.29) is 0 Å². The molecule has 2 aliphatic rings. The highest BCUT2D eigenvalue weighted by Crippen LogP contribution is 2.71. The van der Waals surface area contributed by atoms with Crippen LogP contribution in [0.4, 0.5) is 0 Å². The maximum Gasteiger partial charge on any atom is 0.0509 e. The van der Waals surface area contributed by atoms with Crippen molar-refractivity contribution >= 4 is 8.07 Å². The van der Waals surface area contributed by atoms with Crippen molar-refractivity contribution in [3.8, 4) is 0 Å².